The number of rotatable bonds is 6. The smallest absolute Gasteiger partial charge is 0.164 e. The van der Waals surface area contributed by atoms with E-state index in [0.717, 1.165) is 24.1 Å². The normalized spacial score (nSPS) is 9.75. The number of ketones is 1. The van der Waals surface area contributed by atoms with Crippen LogP contribution in [0.2, 0.25) is 0 Å². The largest absolute Gasteiger partial charge is 0.319 e. The third kappa shape index (κ3) is 3.52. The Morgan fingerprint density at radius 2 is 2.19 bits per heavy atom. The van der Waals surface area contributed by atoms with Crippen molar-refractivity contribution in [2.75, 3.05) is 13.6 Å². The van der Waals surface area contributed by atoms with Crippen LogP contribution in [0.1, 0.15) is 28.8 Å². The molecule has 0 aliphatic heterocycles. The minimum atomic E-state index is 0.143. The van der Waals surface area contributed by atoms with E-state index in [4.69, 9.17) is 6.42 Å². The van der Waals surface area contributed by atoms with Gasteiger partial charge in [0.2, 0.25) is 0 Å². The summed E-state index contributed by atoms with van der Waals surface area (Å²) in [6.07, 6.45) is 6.98. The Morgan fingerprint density at radius 1 is 1.44 bits per heavy atom. The molecule has 0 heterocycles. The number of hydrogen-bond acceptors (Lipinski definition) is 2. The Hall–Kier alpha value is -1.59. The maximum atomic E-state index is 11.9. The molecular formula is C14H17NO. The van der Waals surface area contributed by atoms with E-state index in [9.17, 15) is 4.79 Å². The van der Waals surface area contributed by atoms with Crippen molar-refractivity contribution < 1.29 is 4.79 Å². The van der Waals surface area contributed by atoms with E-state index in [1.165, 1.54) is 0 Å². The lowest BCUT2D eigenvalue weighted by molar-refractivity contribution is 0.0983. The fourth-order valence-electron chi connectivity index (χ4n) is 1.59. The summed E-state index contributed by atoms with van der Waals surface area (Å²) in [7, 11) is 1.91. The second kappa shape index (κ2) is 6.81. The van der Waals surface area contributed by atoms with Crippen LogP contribution >= 0.6 is 0 Å². The topological polar surface area (TPSA) is 29.1 Å². The molecule has 0 saturated carbocycles. The van der Waals surface area contributed by atoms with Gasteiger partial charge in [0.25, 0.3) is 0 Å². The second-order valence-corrected chi connectivity index (χ2v) is 3.64. The fourth-order valence-corrected chi connectivity index (χ4v) is 1.59. The molecule has 0 radical (unpaired) electrons. The van der Waals surface area contributed by atoms with Crippen molar-refractivity contribution in [1.29, 1.82) is 0 Å². The highest BCUT2D eigenvalue weighted by Gasteiger charge is 2.09. The zero-order valence-electron chi connectivity index (χ0n) is 9.62. The molecule has 1 N–H and O–H groups in total. The first kappa shape index (κ1) is 12.5. The summed E-state index contributed by atoms with van der Waals surface area (Å²) in [6, 6.07) is 7.74. The first-order valence-electron chi connectivity index (χ1n) is 5.48. The molecule has 0 saturated heterocycles. The first-order chi connectivity index (χ1) is 7.79. The molecule has 84 valence electrons. The summed E-state index contributed by atoms with van der Waals surface area (Å²) in [4.78, 5) is 11.9. The second-order valence-electron chi connectivity index (χ2n) is 3.64. The van der Waals surface area contributed by atoms with E-state index in [1.54, 1.807) is 0 Å². The Morgan fingerprint density at radius 3 is 2.88 bits per heavy atom. The Balaban J connectivity index is 2.77. The average molecular weight is 215 g/mol. The number of Topliss-reactive ketones (excluding diaryl/α,β-unsaturated/α-hetero) is 1. The minimum Gasteiger partial charge on any atom is -0.319 e. The van der Waals surface area contributed by atoms with Crippen LogP contribution in [-0.2, 0) is 6.42 Å². The van der Waals surface area contributed by atoms with Gasteiger partial charge in [-0.25, -0.2) is 0 Å². The summed E-state index contributed by atoms with van der Waals surface area (Å²) in [5, 5.41) is 3.08. The van der Waals surface area contributed by atoms with Gasteiger partial charge >= 0.3 is 0 Å². The van der Waals surface area contributed by atoms with Crippen LogP contribution < -0.4 is 5.32 Å². The predicted molar refractivity (Wildman–Crippen MR) is 66.5 cm³/mol. The number of carbonyl (C=O) groups is 1. The summed E-state index contributed by atoms with van der Waals surface area (Å²) >= 11 is 0. The highest BCUT2D eigenvalue weighted by molar-refractivity contribution is 5.97. The Kier molecular flexibility index (Phi) is 5.31. The molecule has 0 aromatic heterocycles. The van der Waals surface area contributed by atoms with Crippen molar-refractivity contribution in [3.05, 3.63) is 35.4 Å². The molecule has 0 fully saturated rings. The van der Waals surface area contributed by atoms with Gasteiger partial charge in [0.1, 0.15) is 0 Å². The lowest BCUT2D eigenvalue weighted by Crippen LogP contribution is -2.13. The molecular weight excluding hydrogens is 198 g/mol. The standard InChI is InChI=1S/C14H17NO/c1-3-4-9-14(16)13-8-6-5-7-12(13)10-11-15-2/h1,5-8,15H,4,9-11H2,2H3. The van der Waals surface area contributed by atoms with Gasteiger partial charge in [-0.05, 0) is 25.6 Å². The van der Waals surface area contributed by atoms with Crippen molar-refractivity contribution in [1.82, 2.24) is 5.32 Å². The summed E-state index contributed by atoms with van der Waals surface area (Å²) in [6.45, 7) is 0.874. The van der Waals surface area contributed by atoms with Gasteiger partial charge in [-0.1, -0.05) is 24.3 Å². The maximum absolute atomic E-state index is 11.9. The monoisotopic (exact) mass is 215 g/mol. The van der Waals surface area contributed by atoms with Crippen LogP contribution in [0, 0.1) is 12.3 Å². The number of benzene rings is 1. The third-order valence-corrected chi connectivity index (χ3v) is 2.46. The third-order valence-electron chi connectivity index (χ3n) is 2.46. The van der Waals surface area contributed by atoms with Crippen LogP contribution in [0.3, 0.4) is 0 Å². The molecule has 2 nitrogen and oxygen atoms in total. The van der Waals surface area contributed by atoms with Gasteiger partial charge in [-0.15, -0.1) is 12.3 Å². The van der Waals surface area contributed by atoms with Crippen molar-refractivity contribution in [3.63, 3.8) is 0 Å². The van der Waals surface area contributed by atoms with E-state index in [0.29, 0.717) is 12.8 Å². The number of hydrogen-bond donors (Lipinski definition) is 1. The van der Waals surface area contributed by atoms with Crippen LogP contribution in [0.25, 0.3) is 0 Å². The van der Waals surface area contributed by atoms with Gasteiger partial charge in [0.05, 0.1) is 0 Å². The zero-order chi connectivity index (χ0) is 11.8. The van der Waals surface area contributed by atoms with E-state index in [2.05, 4.69) is 11.2 Å². The van der Waals surface area contributed by atoms with Crippen LogP contribution in [0.15, 0.2) is 24.3 Å². The van der Waals surface area contributed by atoms with Gasteiger partial charge in [0, 0.05) is 18.4 Å². The molecule has 1 aromatic rings. The molecule has 0 bridgehead atoms. The Labute approximate surface area is 97.1 Å². The average Bonchev–Trinajstić information content (AvgIpc) is 2.33. The van der Waals surface area contributed by atoms with Gasteiger partial charge in [-0.3, -0.25) is 4.79 Å². The van der Waals surface area contributed by atoms with Gasteiger partial charge < -0.3 is 5.32 Å². The van der Waals surface area contributed by atoms with E-state index in [-0.39, 0.29) is 5.78 Å². The predicted octanol–water partition coefficient (Wildman–Crippen LogP) is 2.04. The highest BCUT2D eigenvalue weighted by atomic mass is 16.1. The lowest BCUT2D eigenvalue weighted by atomic mass is 9.98. The molecule has 0 unspecified atom stereocenters. The van der Waals surface area contributed by atoms with Crippen molar-refractivity contribution in [2.24, 2.45) is 0 Å². The molecule has 1 rings (SSSR count). The number of terminal acetylenes is 1. The molecule has 0 amide bonds. The van der Waals surface area contributed by atoms with Gasteiger partial charge in [0.15, 0.2) is 5.78 Å². The summed E-state index contributed by atoms with van der Waals surface area (Å²) < 4.78 is 0. The first-order valence-corrected chi connectivity index (χ1v) is 5.48. The SMILES string of the molecule is C#CCCC(=O)c1ccccc1CCNC. The number of carbonyl (C=O) groups excluding carboxylic acids is 1. The summed E-state index contributed by atoms with van der Waals surface area (Å²) in [5.41, 5.74) is 1.91. The minimum absolute atomic E-state index is 0.143. The van der Waals surface area contributed by atoms with Crippen molar-refractivity contribution in [3.8, 4) is 12.3 Å². The molecule has 0 aliphatic rings. The fraction of sp³-hybridized carbons (Fsp3) is 0.357. The molecule has 0 atom stereocenters. The zero-order valence-corrected chi connectivity index (χ0v) is 9.62. The quantitative estimate of drug-likeness (QED) is 0.581. The molecule has 2 heteroatoms. The number of likely N-dealkylation sites (N-methyl/N-ethyl adjacent to an activating group) is 1. The van der Waals surface area contributed by atoms with Crippen LogP contribution in [0.5, 0.6) is 0 Å². The summed E-state index contributed by atoms with van der Waals surface area (Å²) in [5.74, 6) is 2.64. The maximum Gasteiger partial charge on any atom is 0.164 e. The molecule has 0 spiro atoms. The Bertz CT molecular complexity index is 390. The van der Waals surface area contributed by atoms with Crippen molar-refractivity contribution >= 4 is 5.78 Å². The molecule has 16 heavy (non-hydrogen) atoms. The van der Waals surface area contributed by atoms with E-state index >= 15 is 0 Å². The van der Waals surface area contributed by atoms with E-state index in [1.807, 2.05) is 31.3 Å². The van der Waals surface area contributed by atoms with Crippen molar-refractivity contribution in [2.45, 2.75) is 19.3 Å². The number of nitrogens with one attached hydrogen (secondary N) is 1. The molecule has 1 aromatic carbocycles. The molecule has 0 aliphatic carbocycles. The lowest BCUT2D eigenvalue weighted by Gasteiger charge is -2.07. The van der Waals surface area contributed by atoms with Crippen LogP contribution in [-0.4, -0.2) is 19.4 Å². The van der Waals surface area contributed by atoms with Gasteiger partial charge in [-0.2, -0.15) is 0 Å². The van der Waals surface area contributed by atoms with Crippen LogP contribution in [0.4, 0.5) is 0 Å². The highest BCUT2D eigenvalue weighted by Crippen LogP contribution is 2.12. The van der Waals surface area contributed by atoms with E-state index < -0.39 is 0 Å².